The van der Waals surface area contributed by atoms with Gasteiger partial charge in [-0.15, -0.1) is 10.2 Å². The predicted octanol–water partition coefficient (Wildman–Crippen LogP) is 1.92. The van der Waals surface area contributed by atoms with Crippen molar-refractivity contribution < 1.29 is 9.21 Å². The van der Waals surface area contributed by atoms with Gasteiger partial charge >= 0.3 is 0 Å². The molecule has 0 N–H and O–H groups in total. The van der Waals surface area contributed by atoms with Crippen molar-refractivity contribution in [2.24, 2.45) is 0 Å². The van der Waals surface area contributed by atoms with Crippen LogP contribution in [0.1, 0.15) is 57.2 Å². The van der Waals surface area contributed by atoms with Gasteiger partial charge in [0.05, 0.1) is 0 Å². The quantitative estimate of drug-likeness (QED) is 0.788. The number of piperidine rings is 1. The molecule has 5 heteroatoms. The largest absolute Gasteiger partial charge is 0.425 e. The molecule has 0 unspecified atom stereocenters. The first kappa shape index (κ1) is 12.1. The molecule has 94 valence electrons. The first-order valence-corrected chi connectivity index (χ1v) is 6.16. The van der Waals surface area contributed by atoms with E-state index < -0.39 is 0 Å². The van der Waals surface area contributed by atoms with Crippen molar-refractivity contribution in [2.45, 2.75) is 45.4 Å². The summed E-state index contributed by atoms with van der Waals surface area (Å²) < 4.78 is 5.65. The lowest BCUT2D eigenvalue weighted by Crippen LogP contribution is -2.36. The summed E-state index contributed by atoms with van der Waals surface area (Å²) in [7, 11) is 0. The summed E-state index contributed by atoms with van der Waals surface area (Å²) in [5.41, 5.74) is 0. The Kier molecular flexibility index (Phi) is 3.45. The third-order valence-electron chi connectivity index (χ3n) is 3.24. The molecule has 17 heavy (non-hydrogen) atoms. The average Bonchev–Trinajstić information content (AvgIpc) is 2.78. The van der Waals surface area contributed by atoms with Gasteiger partial charge < -0.3 is 9.32 Å². The highest BCUT2D eigenvalue weighted by Crippen LogP contribution is 2.28. The van der Waals surface area contributed by atoms with Crippen molar-refractivity contribution >= 4 is 5.91 Å². The van der Waals surface area contributed by atoms with Gasteiger partial charge in [-0.25, -0.2) is 0 Å². The third-order valence-corrected chi connectivity index (χ3v) is 3.24. The molecule has 1 saturated heterocycles. The van der Waals surface area contributed by atoms with Gasteiger partial charge in [-0.3, -0.25) is 4.79 Å². The molecule has 0 aliphatic carbocycles. The maximum atomic E-state index is 11.2. The Labute approximate surface area is 101 Å². The molecule has 0 saturated carbocycles. The van der Waals surface area contributed by atoms with Crippen LogP contribution in [-0.2, 0) is 4.79 Å². The Balaban J connectivity index is 1.98. The fourth-order valence-electron chi connectivity index (χ4n) is 2.09. The molecule has 5 nitrogen and oxygen atoms in total. The second-order valence-electron chi connectivity index (χ2n) is 4.91. The van der Waals surface area contributed by atoms with E-state index >= 15 is 0 Å². The molecule has 0 spiro atoms. The molecule has 0 atom stereocenters. The number of nitrogens with zero attached hydrogens (tertiary/aromatic N) is 3. The fraction of sp³-hybridized carbons (Fsp3) is 0.750. The lowest BCUT2D eigenvalue weighted by atomic mass is 9.97. The highest BCUT2D eigenvalue weighted by atomic mass is 16.4. The van der Waals surface area contributed by atoms with Crippen LogP contribution in [0.2, 0.25) is 0 Å². The molecule has 1 aliphatic rings. The monoisotopic (exact) mass is 237 g/mol. The lowest BCUT2D eigenvalue weighted by molar-refractivity contribution is -0.129. The Hall–Kier alpha value is -1.39. The smallest absolute Gasteiger partial charge is 0.219 e. The van der Waals surface area contributed by atoms with Crippen LogP contribution in [0.5, 0.6) is 0 Å². The maximum Gasteiger partial charge on any atom is 0.219 e. The zero-order chi connectivity index (χ0) is 12.4. The minimum atomic E-state index is 0.150. The van der Waals surface area contributed by atoms with Crippen LogP contribution in [0.3, 0.4) is 0 Å². The fourth-order valence-corrected chi connectivity index (χ4v) is 2.09. The number of rotatable bonds is 2. The van der Waals surface area contributed by atoms with Crippen LogP contribution >= 0.6 is 0 Å². The Bertz CT molecular complexity index is 392. The van der Waals surface area contributed by atoms with E-state index in [-0.39, 0.29) is 11.8 Å². The normalized spacial score (nSPS) is 17.8. The summed E-state index contributed by atoms with van der Waals surface area (Å²) in [5, 5.41) is 8.16. The molecule has 1 amide bonds. The second kappa shape index (κ2) is 4.85. The van der Waals surface area contributed by atoms with Crippen molar-refractivity contribution in [1.82, 2.24) is 15.1 Å². The summed E-state index contributed by atoms with van der Waals surface area (Å²) >= 11 is 0. The summed E-state index contributed by atoms with van der Waals surface area (Å²) in [6, 6.07) is 0. The van der Waals surface area contributed by atoms with Crippen molar-refractivity contribution in [1.29, 1.82) is 0 Å². The van der Waals surface area contributed by atoms with Gasteiger partial charge in [0.2, 0.25) is 17.7 Å². The van der Waals surface area contributed by atoms with Gasteiger partial charge in [0.25, 0.3) is 0 Å². The van der Waals surface area contributed by atoms with Crippen LogP contribution < -0.4 is 0 Å². The number of likely N-dealkylation sites (tertiary alicyclic amines) is 1. The third kappa shape index (κ3) is 2.65. The summed E-state index contributed by atoms with van der Waals surface area (Å²) in [5.74, 6) is 2.17. The van der Waals surface area contributed by atoms with Crippen molar-refractivity contribution in [3.05, 3.63) is 11.8 Å². The minimum absolute atomic E-state index is 0.150. The molecule has 2 rings (SSSR count). The molecular formula is C12H19N3O2. The Morgan fingerprint density at radius 2 is 2.00 bits per heavy atom. The number of carbonyl (C=O) groups excluding carboxylic acids is 1. The van der Waals surface area contributed by atoms with E-state index in [1.54, 1.807) is 6.92 Å². The molecule has 1 aromatic rings. The van der Waals surface area contributed by atoms with Crippen molar-refractivity contribution in [3.63, 3.8) is 0 Å². The van der Waals surface area contributed by atoms with Gasteiger partial charge in [-0.1, -0.05) is 13.8 Å². The van der Waals surface area contributed by atoms with E-state index in [0.29, 0.717) is 11.8 Å². The second-order valence-corrected chi connectivity index (χ2v) is 4.91. The molecule has 1 aromatic heterocycles. The summed E-state index contributed by atoms with van der Waals surface area (Å²) in [6.07, 6.45) is 1.83. The van der Waals surface area contributed by atoms with Gasteiger partial charge in [0.15, 0.2) is 0 Å². The predicted molar refractivity (Wildman–Crippen MR) is 62.6 cm³/mol. The summed E-state index contributed by atoms with van der Waals surface area (Å²) in [6.45, 7) is 7.27. The summed E-state index contributed by atoms with van der Waals surface area (Å²) in [4.78, 5) is 13.1. The van der Waals surface area contributed by atoms with Gasteiger partial charge in [0.1, 0.15) is 0 Å². The molecule has 0 bridgehead atoms. The Morgan fingerprint density at radius 1 is 1.35 bits per heavy atom. The first-order valence-electron chi connectivity index (χ1n) is 6.16. The van der Waals surface area contributed by atoms with E-state index in [1.165, 1.54) is 0 Å². The van der Waals surface area contributed by atoms with Gasteiger partial charge in [-0.05, 0) is 12.8 Å². The number of carbonyl (C=O) groups is 1. The zero-order valence-corrected chi connectivity index (χ0v) is 10.6. The van der Waals surface area contributed by atoms with E-state index in [4.69, 9.17) is 4.42 Å². The highest BCUT2D eigenvalue weighted by Gasteiger charge is 2.26. The standard InChI is InChI=1S/C12H19N3O2/c1-8(2)11-13-14-12(17-11)10-4-6-15(7-5-10)9(3)16/h8,10H,4-7H2,1-3H3. The molecule has 2 heterocycles. The molecule has 1 fully saturated rings. The van der Waals surface area contributed by atoms with E-state index in [9.17, 15) is 4.79 Å². The van der Waals surface area contributed by atoms with E-state index in [1.807, 2.05) is 18.7 Å². The van der Waals surface area contributed by atoms with Gasteiger partial charge in [0, 0.05) is 31.8 Å². The number of hydrogen-bond acceptors (Lipinski definition) is 4. The van der Waals surface area contributed by atoms with Crippen molar-refractivity contribution in [3.8, 4) is 0 Å². The molecule has 0 radical (unpaired) electrons. The van der Waals surface area contributed by atoms with Crippen LogP contribution in [0.4, 0.5) is 0 Å². The zero-order valence-electron chi connectivity index (χ0n) is 10.6. The Morgan fingerprint density at radius 3 is 2.47 bits per heavy atom. The average molecular weight is 237 g/mol. The number of aromatic nitrogens is 2. The van der Waals surface area contributed by atoms with Crippen LogP contribution in [0.25, 0.3) is 0 Å². The topological polar surface area (TPSA) is 59.2 Å². The molecule has 1 aliphatic heterocycles. The van der Waals surface area contributed by atoms with Gasteiger partial charge in [-0.2, -0.15) is 0 Å². The van der Waals surface area contributed by atoms with Crippen LogP contribution in [0, 0.1) is 0 Å². The highest BCUT2D eigenvalue weighted by molar-refractivity contribution is 5.73. The van der Waals surface area contributed by atoms with Crippen LogP contribution in [-0.4, -0.2) is 34.1 Å². The maximum absolute atomic E-state index is 11.2. The first-order chi connectivity index (χ1) is 8.08. The lowest BCUT2D eigenvalue weighted by Gasteiger charge is -2.29. The van der Waals surface area contributed by atoms with E-state index in [0.717, 1.165) is 31.8 Å². The molecule has 0 aromatic carbocycles. The van der Waals surface area contributed by atoms with Crippen LogP contribution in [0.15, 0.2) is 4.42 Å². The number of amides is 1. The van der Waals surface area contributed by atoms with E-state index in [2.05, 4.69) is 10.2 Å². The minimum Gasteiger partial charge on any atom is -0.425 e. The van der Waals surface area contributed by atoms with Crippen molar-refractivity contribution in [2.75, 3.05) is 13.1 Å². The number of hydrogen-bond donors (Lipinski definition) is 0. The SMILES string of the molecule is CC(=O)N1CCC(c2nnc(C(C)C)o2)CC1. The molecular weight excluding hydrogens is 218 g/mol.